The minimum Gasteiger partial charge on any atom is -0.354 e. The van der Waals surface area contributed by atoms with Crippen LogP contribution in [0.15, 0.2) is 57.5 Å². The molecule has 1 aliphatic rings. The molecule has 148 valence electrons. The molecular weight excluding hydrogens is 497 g/mol. The van der Waals surface area contributed by atoms with Gasteiger partial charge in [0.2, 0.25) is 5.91 Å². The maximum Gasteiger partial charge on any atom is 0.264 e. The van der Waals surface area contributed by atoms with Gasteiger partial charge >= 0.3 is 0 Å². The number of halogens is 3. The average molecular weight is 511 g/mol. The number of likely N-dealkylation sites (N-methyl/N-ethyl adjacent to an activating group) is 1. The van der Waals surface area contributed by atoms with Crippen molar-refractivity contribution in [2.24, 2.45) is 0 Å². The molecule has 9 heteroatoms. The predicted molar refractivity (Wildman–Crippen MR) is 120 cm³/mol. The Morgan fingerprint density at radius 3 is 2.59 bits per heavy atom. The van der Waals surface area contributed by atoms with Gasteiger partial charge in [-0.3, -0.25) is 14.5 Å². The number of carbonyl (C=O) groups is 2. The monoisotopic (exact) mass is 509 g/mol. The fraction of sp³-hybridized carbons (Fsp3) is 0.150. The number of amides is 2. The molecule has 2 aromatic carbocycles. The molecule has 0 bridgehead atoms. The Balaban J connectivity index is 2.06. The van der Waals surface area contributed by atoms with Crippen LogP contribution in [0.5, 0.6) is 0 Å². The molecule has 1 aliphatic heterocycles. The molecule has 1 atom stereocenters. The van der Waals surface area contributed by atoms with Gasteiger partial charge in [0, 0.05) is 27.3 Å². The molecular formula is C20H14BrCl2N3O2S. The largest absolute Gasteiger partial charge is 0.354 e. The summed E-state index contributed by atoms with van der Waals surface area (Å²) in [7, 11) is 1.44. The van der Waals surface area contributed by atoms with Gasteiger partial charge in [-0.1, -0.05) is 50.9 Å². The number of benzene rings is 2. The summed E-state index contributed by atoms with van der Waals surface area (Å²) in [6, 6.07) is 14.1. The Hall–Kier alpha value is -1.98. The van der Waals surface area contributed by atoms with Crippen molar-refractivity contribution < 1.29 is 9.59 Å². The topological polar surface area (TPSA) is 73.2 Å². The number of rotatable bonds is 4. The molecule has 1 N–H and O–H groups in total. The van der Waals surface area contributed by atoms with E-state index in [1.165, 1.54) is 23.7 Å². The molecule has 1 unspecified atom stereocenters. The van der Waals surface area contributed by atoms with Crippen LogP contribution in [-0.4, -0.2) is 24.1 Å². The molecule has 2 aromatic rings. The Labute approximate surface area is 190 Å². The van der Waals surface area contributed by atoms with Crippen LogP contribution in [0.4, 0.5) is 5.69 Å². The first kappa shape index (κ1) is 21.7. The number of nitriles is 1. The second-order valence-electron chi connectivity index (χ2n) is 6.07. The lowest BCUT2D eigenvalue weighted by Crippen LogP contribution is -2.31. The Kier molecular flexibility index (Phi) is 6.91. The van der Waals surface area contributed by atoms with Crippen molar-refractivity contribution in [3.8, 4) is 6.07 Å². The highest BCUT2D eigenvalue weighted by molar-refractivity contribution is 9.10. The number of hydrogen-bond donors (Lipinski definition) is 1. The molecule has 2 amide bonds. The fourth-order valence-corrected chi connectivity index (χ4v) is 4.79. The third kappa shape index (κ3) is 4.62. The van der Waals surface area contributed by atoms with E-state index >= 15 is 0 Å². The molecule has 29 heavy (non-hydrogen) atoms. The lowest BCUT2D eigenvalue weighted by molar-refractivity contribution is -0.117. The van der Waals surface area contributed by atoms with Gasteiger partial charge in [0.15, 0.2) is 0 Å². The zero-order valence-electron chi connectivity index (χ0n) is 15.1. The van der Waals surface area contributed by atoms with E-state index in [2.05, 4.69) is 21.2 Å². The summed E-state index contributed by atoms with van der Waals surface area (Å²) < 4.78 is 0.847. The third-order valence-electron chi connectivity index (χ3n) is 4.23. The Morgan fingerprint density at radius 2 is 1.97 bits per heavy atom. The number of anilines is 1. The summed E-state index contributed by atoms with van der Waals surface area (Å²) in [6.07, 6.45) is 0.311. The summed E-state index contributed by atoms with van der Waals surface area (Å²) in [5, 5.41) is 12.8. The van der Waals surface area contributed by atoms with E-state index in [0.29, 0.717) is 27.2 Å². The second-order valence-corrected chi connectivity index (χ2v) is 9.02. The highest BCUT2D eigenvalue weighted by Gasteiger charge is 2.40. The van der Waals surface area contributed by atoms with Gasteiger partial charge in [0.05, 0.1) is 5.25 Å². The van der Waals surface area contributed by atoms with Crippen LogP contribution in [0.25, 0.3) is 0 Å². The minimum atomic E-state index is -0.558. The average Bonchev–Trinajstić information content (AvgIpc) is 3.01. The molecule has 1 saturated heterocycles. The lowest BCUT2D eigenvalue weighted by atomic mass is 10.1. The van der Waals surface area contributed by atoms with E-state index in [0.717, 1.165) is 10.0 Å². The molecule has 0 spiro atoms. The number of carbonyl (C=O) groups excluding carboxylic acids is 2. The van der Waals surface area contributed by atoms with Gasteiger partial charge < -0.3 is 5.32 Å². The molecule has 1 heterocycles. The van der Waals surface area contributed by atoms with Crippen molar-refractivity contribution in [3.63, 3.8) is 0 Å². The van der Waals surface area contributed by atoms with Crippen molar-refractivity contribution in [1.29, 1.82) is 5.26 Å². The van der Waals surface area contributed by atoms with Crippen LogP contribution in [-0.2, 0) is 16.0 Å². The zero-order chi connectivity index (χ0) is 21.1. The van der Waals surface area contributed by atoms with E-state index in [1.807, 2.05) is 6.07 Å². The molecule has 0 aliphatic carbocycles. The maximum atomic E-state index is 13.3. The summed E-state index contributed by atoms with van der Waals surface area (Å²) >= 11 is 16.9. The van der Waals surface area contributed by atoms with Gasteiger partial charge in [0.25, 0.3) is 5.91 Å². The summed E-state index contributed by atoms with van der Waals surface area (Å²) in [5.74, 6) is -0.786. The van der Waals surface area contributed by atoms with Gasteiger partial charge in [-0.2, -0.15) is 5.26 Å². The van der Waals surface area contributed by atoms with Crippen molar-refractivity contribution in [1.82, 2.24) is 5.32 Å². The van der Waals surface area contributed by atoms with E-state index < -0.39 is 11.2 Å². The maximum absolute atomic E-state index is 13.3. The van der Waals surface area contributed by atoms with Gasteiger partial charge in [0.1, 0.15) is 16.7 Å². The van der Waals surface area contributed by atoms with Gasteiger partial charge in [-0.25, -0.2) is 0 Å². The van der Waals surface area contributed by atoms with Crippen LogP contribution in [0.2, 0.25) is 10.0 Å². The van der Waals surface area contributed by atoms with E-state index in [4.69, 9.17) is 23.2 Å². The lowest BCUT2D eigenvalue weighted by Gasteiger charge is -2.18. The first-order valence-electron chi connectivity index (χ1n) is 8.42. The highest BCUT2D eigenvalue weighted by Crippen LogP contribution is 2.42. The van der Waals surface area contributed by atoms with Crippen LogP contribution in [0.3, 0.4) is 0 Å². The van der Waals surface area contributed by atoms with E-state index in [9.17, 15) is 14.9 Å². The van der Waals surface area contributed by atoms with Crippen molar-refractivity contribution >= 4 is 68.4 Å². The van der Waals surface area contributed by atoms with Gasteiger partial charge in [-0.15, -0.1) is 0 Å². The standard InChI is InChI=1S/C20H14BrCl2N3O2S/c1-25-18(27)15(10-24)20-26(14-5-2-12(21)3-6-14)19(28)17(29-20)9-11-8-13(22)4-7-16(11)23/h2-8,17H,9H2,1H3,(H,25,27). The molecule has 5 nitrogen and oxygen atoms in total. The van der Waals surface area contributed by atoms with Crippen LogP contribution >= 0.6 is 50.9 Å². The number of hydrogen-bond acceptors (Lipinski definition) is 4. The van der Waals surface area contributed by atoms with E-state index in [-0.39, 0.29) is 11.5 Å². The summed E-state index contributed by atoms with van der Waals surface area (Å²) in [6.45, 7) is 0. The SMILES string of the molecule is CNC(=O)C(C#N)=C1SC(Cc2cc(Cl)ccc2Cl)C(=O)N1c1ccc(Br)cc1. The van der Waals surface area contributed by atoms with Crippen LogP contribution < -0.4 is 10.2 Å². The molecule has 1 fully saturated rings. The highest BCUT2D eigenvalue weighted by atomic mass is 79.9. The van der Waals surface area contributed by atoms with Crippen LogP contribution in [0.1, 0.15) is 5.56 Å². The fourth-order valence-electron chi connectivity index (χ4n) is 2.84. The smallest absolute Gasteiger partial charge is 0.264 e. The van der Waals surface area contributed by atoms with Gasteiger partial charge in [-0.05, 0) is 54.4 Å². The molecule has 3 rings (SSSR count). The molecule has 0 aromatic heterocycles. The minimum absolute atomic E-state index is 0.117. The Morgan fingerprint density at radius 1 is 1.28 bits per heavy atom. The van der Waals surface area contributed by atoms with Crippen molar-refractivity contribution in [2.45, 2.75) is 11.7 Å². The normalized spacial score (nSPS) is 17.8. The quantitative estimate of drug-likeness (QED) is 0.467. The summed E-state index contributed by atoms with van der Waals surface area (Å²) in [4.78, 5) is 26.9. The van der Waals surface area contributed by atoms with Crippen molar-refractivity contribution in [3.05, 3.63) is 73.1 Å². The molecule has 0 radical (unpaired) electrons. The first-order valence-corrected chi connectivity index (χ1v) is 10.8. The molecule has 0 saturated carbocycles. The number of thioether (sulfide) groups is 1. The van der Waals surface area contributed by atoms with Crippen molar-refractivity contribution in [2.75, 3.05) is 11.9 Å². The number of nitrogens with one attached hydrogen (secondary N) is 1. The zero-order valence-corrected chi connectivity index (χ0v) is 19.0. The van der Waals surface area contributed by atoms with E-state index in [1.54, 1.807) is 42.5 Å². The second kappa shape index (κ2) is 9.23. The summed E-state index contributed by atoms with van der Waals surface area (Å²) in [5.41, 5.74) is 1.17. The van der Waals surface area contributed by atoms with Crippen LogP contribution in [0, 0.1) is 11.3 Å². The Bertz CT molecular complexity index is 1050. The first-order chi connectivity index (χ1) is 13.8. The number of nitrogens with zero attached hydrogens (tertiary/aromatic N) is 2. The third-order valence-corrected chi connectivity index (χ3v) is 6.63. The predicted octanol–water partition coefficient (Wildman–Crippen LogP) is 4.93.